The molecule has 0 bridgehead atoms. The quantitative estimate of drug-likeness (QED) is 0.623. The summed E-state index contributed by atoms with van der Waals surface area (Å²) in [5.41, 5.74) is 2.98. The molecule has 0 spiro atoms. The van der Waals surface area contributed by atoms with E-state index in [1.807, 2.05) is 12.1 Å². The summed E-state index contributed by atoms with van der Waals surface area (Å²) < 4.78 is 16.3. The number of rotatable bonds is 4. The van der Waals surface area contributed by atoms with E-state index in [-0.39, 0.29) is 12.6 Å². The van der Waals surface area contributed by atoms with Crippen molar-refractivity contribution in [2.24, 2.45) is 0 Å². The molecular formula is C23H22N2O4. The average molecular weight is 390 g/mol. The fourth-order valence-electron chi connectivity index (χ4n) is 4.09. The van der Waals surface area contributed by atoms with Crippen LogP contribution in [-0.2, 0) is 0 Å². The molecule has 29 heavy (non-hydrogen) atoms. The Morgan fingerprint density at radius 3 is 2.48 bits per heavy atom. The van der Waals surface area contributed by atoms with E-state index in [1.165, 1.54) is 6.42 Å². The Morgan fingerprint density at radius 2 is 1.76 bits per heavy atom. The van der Waals surface area contributed by atoms with E-state index in [1.54, 1.807) is 37.6 Å². The topological polar surface area (TPSA) is 60.9 Å². The van der Waals surface area contributed by atoms with Gasteiger partial charge in [0.25, 0.3) is 0 Å². The van der Waals surface area contributed by atoms with Gasteiger partial charge in [-0.3, -0.25) is 9.78 Å². The number of nitrogens with zero attached hydrogens (tertiary/aromatic N) is 2. The smallest absolute Gasteiger partial charge is 0.231 e. The lowest BCUT2D eigenvalue weighted by Crippen LogP contribution is -2.31. The van der Waals surface area contributed by atoms with Crippen molar-refractivity contribution in [3.63, 3.8) is 0 Å². The second-order valence-electron chi connectivity index (χ2n) is 7.35. The number of aromatic nitrogens is 1. The maximum absolute atomic E-state index is 13.4. The van der Waals surface area contributed by atoms with Crippen LogP contribution in [0.25, 0.3) is 10.9 Å². The molecule has 0 atom stereocenters. The van der Waals surface area contributed by atoms with Gasteiger partial charge in [0.15, 0.2) is 17.3 Å². The Bertz CT molecular complexity index is 1070. The highest BCUT2D eigenvalue weighted by atomic mass is 16.7. The zero-order chi connectivity index (χ0) is 19.8. The minimum Gasteiger partial charge on any atom is -0.497 e. The Morgan fingerprint density at radius 1 is 1.03 bits per heavy atom. The molecule has 2 aromatic carbocycles. The standard InChI is InChI=1S/C23H22N2O4/c1-27-16-7-5-15(6-8-16)23(26)18-13-24-19-12-21-20(28-14-29-21)11-17(19)22(18)25-9-3-2-4-10-25/h5-8,11-13H,2-4,9-10,14H2,1H3. The van der Waals surface area contributed by atoms with Gasteiger partial charge in [-0.2, -0.15) is 0 Å². The lowest BCUT2D eigenvalue weighted by atomic mass is 9.98. The van der Waals surface area contributed by atoms with Crippen molar-refractivity contribution in [3.8, 4) is 17.2 Å². The van der Waals surface area contributed by atoms with E-state index in [0.29, 0.717) is 22.6 Å². The molecule has 148 valence electrons. The normalized spacial score (nSPS) is 15.6. The van der Waals surface area contributed by atoms with Crippen LogP contribution >= 0.6 is 0 Å². The maximum atomic E-state index is 13.4. The highest BCUT2D eigenvalue weighted by molar-refractivity contribution is 6.16. The highest BCUT2D eigenvalue weighted by Gasteiger charge is 2.25. The summed E-state index contributed by atoms with van der Waals surface area (Å²) in [6.45, 7) is 2.06. The van der Waals surface area contributed by atoms with Crippen LogP contribution in [0.5, 0.6) is 17.2 Å². The number of ketones is 1. The molecule has 6 heteroatoms. The van der Waals surface area contributed by atoms with Crippen LogP contribution < -0.4 is 19.1 Å². The summed E-state index contributed by atoms with van der Waals surface area (Å²) in [7, 11) is 1.61. The van der Waals surface area contributed by atoms with Crippen LogP contribution in [0.15, 0.2) is 42.6 Å². The van der Waals surface area contributed by atoms with Crippen molar-refractivity contribution in [2.45, 2.75) is 19.3 Å². The van der Waals surface area contributed by atoms with Crippen LogP contribution in [0.1, 0.15) is 35.2 Å². The molecule has 0 aliphatic carbocycles. The molecule has 3 heterocycles. The van der Waals surface area contributed by atoms with Crippen molar-refractivity contribution in [1.29, 1.82) is 0 Å². The number of piperidine rings is 1. The first-order chi connectivity index (χ1) is 14.2. The number of ether oxygens (including phenoxy) is 3. The molecule has 0 unspecified atom stereocenters. The molecule has 0 N–H and O–H groups in total. The fourth-order valence-corrected chi connectivity index (χ4v) is 4.09. The third kappa shape index (κ3) is 3.14. The Balaban J connectivity index is 1.67. The van der Waals surface area contributed by atoms with E-state index in [0.717, 1.165) is 48.3 Å². The minimum absolute atomic E-state index is 0.0414. The largest absolute Gasteiger partial charge is 0.497 e. The van der Waals surface area contributed by atoms with Crippen molar-refractivity contribution < 1.29 is 19.0 Å². The van der Waals surface area contributed by atoms with Gasteiger partial charge in [-0.25, -0.2) is 0 Å². The number of benzene rings is 2. The Labute approximate surface area is 169 Å². The van der Waals surface area contributed by atoms with E-state index in [2.05, 4.69) is 9.88 Å². The summed E-state index contributed by atoms with van der Waals surface area (Å²) in [4.78, 5) is 20.3. The number of hydrogen-bond acceptors (Lipinski definition) is 6. The van der Waals surface area contributed by atoms with Crippen LogP contribution in [0.4, 0.5) is 5.69 Å². The number of pyridine rings is 1. The number of hydrogen-bond donors (Lipinski definition) is 0. The van der Waals surface area contributed by atoms with Gasteiger partial charge in [0.1, 0.15) is 5.75 Å². The minimum atomic E-state index is -0.0414. The van der Waals surface area contributed by atoms with Gasteiger partial charge in [-0.05, 0) is 49.6 Å². The van der Waals surface area contributed by atoms with Crippen LogP contribution in [-0.4, -0.2) is 37.8 Å². The fraction of sp³-hybridized carbons (Fsp3) is 0.304. The molecule has 0 saturated carbocycles. The van der Waals surface area contributed by atoms with Crippen molar-refractivity contribution in [1.82, 2.24) is 4.98 Å². The van der Waals surface area contributed by atoms with Gasteiger partial charge >= 0.3 is 0 Å². The summed E-state index contributed by atoms with van der Waals surface area (Å²) in [5, 5.41) is 0.926. The van der Waals surface area contributed by atoms with E-state index in [9.17, 15) is 4.79 Å². The predicted octanol–water partition coefficient (Wildman–Crippen LogP) is 4.19. The highest BCUT2D eigenvalue weighted by Crippen LogP contribution is 2.41. The van der Waals surface area contributed by atoms with Crippen LogP contribution in [0.3, 0.4) is 0 Å². The van der Waals surface area contributed by atoms with Gasteiger partial charge < -0.3 is 19.1 Å². The molecule has 2 aliphatic heterocycles. The first-order valence-corrected chi connectivity index (χ1v) is 9.90. The molecule has 5 rings (SSSR count). The summed E-state index contributed by atoms with van der Waals surface area (Å²) >= 11 is 0. The van der Waals surface area contributed by atoms with Gasteiger partial charge in [0.05, 0.1) is 23.9 Å². The number of carbonyl (C=O) groups is 1. The Hall–Kier alpha value is -3.28. The lowest BCUT2D eigenvalue weighted by Gasteiger charge is -2.31. The molecule has 1 saturated heterocycles. The van der Waals surface area contributed by atoms with Gasteiger partial charge in [-0.1, -0.05) is 0 Å². The molecule has 0 radical (unpaired) electrons. The van der Waals surface area contributed by atoms with Crippen molar-refractivity contribution >= 4 is 22.4 Å². The zero-order valence-electron chi connectivity index (χ0n) is 16.3. The van der Waals surface area contributed by atoms with Gasteiger partial charge in [0, 0.05) is 36.3 Å². The molecule has 2 aliphatic rings. The summed E-state index contributed by atoms with van der Waals surface area (Å²) in [5.74, 6) is 2.08. The monoisotopic (exact) mass is 390 g/mol. The zero-order valence-corrected chi connectivity index (χ0v) is 16.3. The number of carbonyl (C=O) groups excluding carboxylic acids is 1. The number of methoxy groups -OCH3 is 1. The van der Waals surface area contributed by atoms with Crippen molar-refractivity contribution in [2.75, 3.05) is 31.9 Å². The molecule has 0 amide bonds. The van der Waals surface area contributed by atoms with E-state index in [4.69, 9.17) is 14.2 Å². The summed E-state index contributed by atoms with van der Waals surface area (Å²) in [6.07, 6.45) is 5.14. The second kappa shape index (κ2) is 7.28. The third-order valence-electron chi connectivity index (χ3n) is 5.60. The second-order valence-corrected chi connectivity index (χ2v) is 7.35. The molecule has 1 fully saturated rings. The molecule has 6 nitrogen and oxygen atoms in total. The summed E-state index contributed by atoms with van der Waals surface area (Å²) in [6, 6.07) is 11.1. The first-order valence-electron chi connectivity index (χ1n) is 9.90. The number of anilines is 1. The van der Waals surface area contributed by atoms with Crippen LogP contribution in [0.2, 0.25) is 0 Å². The van der Waals surface area contributed by atoms with Gasteiger partial charge in [-0.15, -0.1) is 0 Å². The SMILES string of the molecule is COc1ccc(C(=O)c2cnc3cc4c(cc3c2N2CCCCC2)OCO4)cc1. The molecule has 1 aromatic heterocycles. The molecular weight excluding hydrogens is 368 g/mol. The lowest BCUT2D eigenvalue weighted by molar-refractivity contribution is 0.103. The van der Waals surface area contributed by atoms with Gasteiger partial charge in [0.2, 0.25) is 6.79 Å². The van der Waals surface area contributed by atoms with E-state index >= 15 is 0 Å². The first kappa shape index (κ1) is 17.8. The van der Waals surface area contributed by atoms with E-state index < -0.39 is 0 Å². The maximum Gasteiger partial charge on any atom is 0.231 e. The van der Waals surface area contributed by atoms with Crippen LogP contribution in [0, 0.1) is 0 Å². The third-order valence-corrected chi connectivity index (χ3v) is 5.60. The predicted molar refractivity (Wildman–Crippen MR) is 110 cm³/mol. The molecule has 3 aromatic rings. The number of fused-ring (bicyclic) bond motifs is 2. The Kier molecular flexibility index (Phi) is 4.46. The average Bonchev–Trinajstić information content (AvgIpc) is 3.24. The van der Waals surface area contributed by atoms with Crippen molar-refractivity contribution in [3.05, 3.63) is 53.7 Å².